The minimum atomic E-state index is 0.0343. The predicted molar refractivity (Wildman–Crippen MR) is 81.6 cm³/mol. The van der Waals surface area contributed by atoms with Crippen LogP contribution in [0.1, 0.15) is 30.4 Å². The van der Waals surface area contributed by atoms with E-state index < -0.39 is 0 Å². The molecule has 1 fully saturated rings. The van der Waals surface area contributed by atoms with Crippen molar-refractivity contribution in [2.75, 3.05) is 31.6 Å². The number of thioether (sulfide) groups is 1. The molecule has 1 aromatic carbocycles. The highest BCUT2D eigenvalue weighted by atomic mass is 32.2. The highest BCUT2D eigenvalue weighted by molar-refractivity contribution is 7.98. The van der Waals surface area contributed by atoms with Crippen LogP contribution in [-0.4, -0.2) is 36.5 Å². The first-order chi connectivity index (χ1) is 9.34. The van der Waals surface area contributed by atoms with Gasteiger partial charge in [0.2, 0.25) is 0 Å². The van der Waals surface area contributed by atoms with Gasteiger partial charge in [0.05, 0.1) is 12.2 Å². The van der Waals surface area contributed by atoms with Gasteiger partial charge in [0, 0.05) is 13.1 Å². The van der Waals surface area contributed by atoms with E-state index in [-0.39, 0.29) is 5.60 Å². The summed E-state index contributed by atoms with van der Waals surface area (Å²) in [5.74, 6) is 1.28. The number of piperidine rings is 1. The lowest BCUT2D eigenvalue weighted by Crippen LogP contribution is -2.42. The highest BCUT2D eigenvalue weighted by Crippen LogP contribution is 2.43. The normalized spacial score (nSPS) is 21.7. The van der Waals surface area contributed by atoms with E-state index in [2.05, 4.69) is 35.4 Å². The van der Waals surface area contributed by atoms with Gasteiger partial charge in [-0.25, -0.2) is 0 Å². The van der Waals surface area contributed by atoms with Crippen molar-refractivity contribution in [3.63, 3.8) is 0 Å². The molecule has 0 unspecified atom stereocenters. The molecule has 0 amide bonds. The Morgan fingerprint density at radius 1 is 1.26 bits per heavy atom. The SMILES string of the molecule is CSCCCN1CCC2(CC1)OCc1ccccc12. The predicted octanol–water partition coefficient (Wildman–Crippen LogP) is 3.26. The average molecular weight is 277 g/mol. The van der Waals surface area contributed by atoms with Crippen molar-refractivity contribution < 1.29 is 4.74 Å². The Balaban J connectivity index is 1.61. The van der Waals surface area contributed by atoms with Crippen LogP contribution < -0.4 is 0 Å². The molecule has 0 bridgehead atoms. The van der Waals surface area contributed by atoms with Crippen LogP contribution in [-0.2, 0) is 16.9 Å². The Morgan fingerprint density at radius 3 is 2.84 bits per heavy atom. The minimum Gasteiger partial charge on any atom is -0.365 e. The molecular weight excluding hydrogens is 254 g/mol. The number of nitrogens with zero attached hydrogens (tertiary/aromatic N) is 1. The van der Waals surface area contributed by atoms with Gasteiger partial charge < -0.3 is 9.64 Å². The van der Waals surface area contributed by atoms with Crippen molar-refractivity contribution >= 4 is 11.8 Å². The first-order valence-corrected chi connectivity index (χ1v) is 8.67. The van der Waals surface area contributed by atoms with Crippen molar-refractivity contribution in [1.29, 1.82) is 0 Å². The molecule has 2 aliphatic rings. The Kier molecular flexibility index (Phi) is 4.15. The van der Waals surface area contributed by atoms with E-state index in [0.717, 1.165) is 19.4 Å². The van der Waals surface area contributed by atoms with Gasteiger partial charge in [-0.3, -0.25) is 0 Å². The van der Waals surface area contributed by atoms with E-state index in [9.17, 15) is 0 Å². The standard InChI is InChI=1S/C16H23NOS/c1-19-12-4-9-17-10-7-16(8-11-17)15-6-3-2-5-14(15)13-18-16/h2-3,5-6H,4,7-13H2,1H3. The van der Waals surface area contributed by atoms with Crippen LogP contribution in [0, 0.1) is 0 Å². The zero-order chi connectivity index (χ0) is 13.1. The highest BCUT2D eigenvalue weighted by Gasteiger charge is 2.42. The number of benzene rings is 1. The smallest absolute Gasteiger partial charge is 0.0963 e. The Hall–Kier alpha value is -0.510. The Morgan fingerprint density at radius 2 is 2.05 bits per heavy atom. The van der Waals surface area contributed by atoms with Gasteiger partial charge in [-0.05, 0) is 48.9 Å². The summed E-state index contributed by atoms with van der Waals surface area (Å²) in [7, 11) is 0. The quantitative estimate of drug-likeness (QED) is 0.784. The first kappa shape index (κ1) is 13.5. The van der Waals surface area contributed by atoms with E-state index in [0.29, 0.717) is 0 Å². The Labute approximate surface area is 120 Å². The molecule has 2 aliphatic heterocycles. The Bertz CT molecular complexity index is 427. The largest absolute Gasteiger partial charge is 0.365 e. The average Bonchev–Trinajstić information content (AvgIpc) is 2.81. The number of likely N-dealkylation sites (tertiary alicyclic amines) is 1. The van der Waals surface area contributed by atoms with Gasteiger partial charge in [0.1, 0.15) is 0 Å². The van der Waals surface area contributed by atoms with E-state index in [4.69, 9.17) is 4.74 Å². The molecular formula is C16H23NOS. The maximum atomic E-state index is 6.20. The molecule has 1 saturated heterocycles. The molecule has 104 valence electrons. The summed E-state index contributed by atoms with van der Waals surface area (Å²) in [4.78, 5) is 2.60. The summed E-state index contributed by atoms with van der Waals surface area (Å²) in [6, 6.07) is 8.76. The number of fused-ring (bicyclic) bond motifs is 2. The van der Waals surface area contributed by atoms with Crippen molar-refractivity contribution in [3.8, 4) is 0 Å². The van der Waals surface area contributed by atoms with Gasteiger partial charge >= 0.3 is 0 Å². The lowest BCUT2D eigenvalue weighted by atomic mass is 9.84. The molecule has 0 aliphatic carbocycles. The molecule has 0 saturated carbocycles. The van der Waals surface area contributed by atoms with Crippen LogP contribution in [0.2, 0.25) is 0 Å². The van der Waals surface area contributed by atoms with Crippen molar-refractivity contribution in [1.82, 2.24) is 4.90 Å². The maximum absolute atomic E-state index is 6.20. The number of ether oxygens (including phenoxy) is 1. The molecule has 3 heteroatoms. The van der Waals surface area contributed by atoms with Crippen LogP contribution >= 0.6 is 11.8 Å². The van der Waals surface area contributed by atoms with E-state index in [1.807, 2.05) is 11.8 Å². The van der Waals surface area contributed by atoms with Crippen LogP contribution in [0.15, 0.2) is 24.3 Å². The number of rotatable bonds is 4. The van der Waals surface area contributed by atoms with Crippen LogP contribution in [0.5, 0.6) is 0 Å². The summed E-state index contributed by atoms with van der Waals surface area (Å²) in [5.41, 5.74) is 2.89. The zero-order valence-electron chi connectivity index (χ0n) is 11.7. The number of hydrogen-bond acceptors (Lipinski definition) is 3. The second-order valence-electron chi connectivity index (χ2n) is 5.63. The minimum absolute atomic E-state index is 0.0343. The summed E-state index contributed by atoms with van der Waals surface area (Å²) >= 11 is 1.95. The third-order valence-corrected chi connectivity index (χ3v) is 5.20. The fraction of sp³-hybridized carbons (Fsp3) is 0.625. The first-order valence-electron chi connectivity index (χ1n) is 7.28. The number of hydrogen-bond donors (Lipinski definition) is 0. The molecule has 2 heterocycles. The second kappa shape index (κ2) is 5.86. The van der Waals surface area contributed by atoms with Crippen molar-refractivity contribution in [2.24, 2.45) is 0 Å². The van der Waals surface area contributed by atoms with Gasteiger partial charge in [-0.15, -0.1) is 0 Å². The van der Waals surface area contributed by atoms with Crippen molar-refractivity contribution in [2.45, 2.75) is 31.5 Å². The van der Waals surface area contributed by atoms with Crippen LogP contribution in [0.4, 0.5) is 0 Å². The molecule has 0 aromatic heterocycles. The van der Waals surface area contributed by atoms with Gasteiger partial charge in [0.25, 0.3) is 0 Å². The second-order valence-corrected chi connectivity index (χ2v) is 6.61. The summed E-state index contributed by atoms with van der Waals surface area (Å²) in [6.45, 7) is 4.42. The van der Waals surface area contributed by atoms with E-state index >= 15 is 0 Å². The fourth-order valence-corrected chi connectivity index (χ4v) is 3.79. The zero-order valence-corrected chi connectivity index (χ0v) is 12.5. The molecule has 1 aromatic rings. The summed E-state index contributed by atoms with van der Waals surface area (Å²) in [6.07, 6.45) is 5.81. The van der Waals surface area contributed by atoms with Crippen LogP contribution in [0.3, 0.4) is 0 Å². The summed E-state index contributed by atoms with van der Waals surface area (Å²) in [5, 5.41) is 0. The molecule has 19 heavy (non-hydrogen) atoms. The molecule has 0 atom stereocenters. The van der Waals surface area contributed by atoms with Crippen LogP contribution in [0.25, 0.3) is 0 Å². The van der Waals surface area contributed by atoms with Gasteiger partial charge in [0.15, 0.2) is 0 Å². The summed E-state index contributed by atoms with van der Waals surface area (Å²) < 4.78 is 6.20. The fourth-order valence-electron chi connectivity index (χ4n) is 3.37. The third-order valence-electron chi connectivity index (χ3n) is 4.50. The third kappa shape index (κ3) is 2.69. The monoisotopic (exact) mass is 277 g/mol. The lowest BCUT2D eigenvalue weighted by Gasteiger charge is -2.39. The molecule has 0 radical (unpaired) electrons. The van der Waals surface area contributed by atoms with E-state index in [1.54, 1.807) is 0 Å². The molecule has 1 spiro atoms. The molecule has 3 rings (SSSR count). The topological polar surface area (TPSA) is 12.5 Å². The van der Waals surface area contributed by atoms with Crippen molar-refractivity contribution in [3.05, 3.63) is 35.4 Å². The molecule has 2 nitrogen and oxygen atoms in total. The molecule has 0 N–H and O–H groups in total. The van der Waals surface area contributed by atoms with Gasteiger partial charge in [-0.2, -0.15) is 11.8 Å². The van der Waals surface area contributed by atoms with E-state index in [1.165, 1.54) is 42.9 Å². The lowest BCUT2D eigenvalue weighted by molar-refractivity contribution is -0.0786. The van der Waals surface area contributed by atoms with Gasteiger partial charge in [-0.1, -0.05) is 24.3 Å². The maximum Gasteiger partial charge on any atom is 0.0963 e.